The van der Waals surface area contributed by atoms with Gasteiger partial charge >= 0.3 is 7.82 Å². The molecule has 0 aliphatic carbocycles. The van der Waals surface area contributed by atoms with Crippen LogP contribution in [0.5, 0.6) is 0 Å². The van der Waals surface area contributed by atoms with Crippen LogP contribution in [0.4, 0.5) is 0 Å². The van der Waals surface area contributed by atoms with E-state index < -0.39 is 13.9 Å². The Balaban J connectivity index is 3.51. The van der Waals surface area contributed by atoms with E-state index in [9.17, 15) is 9.46 Å². The van der Waals surface area contributed by atoms with Crippen LogP contribution in [0.1, 0.15) is 84.0 Å². The SMILES string of the molecule is CCCCC/C=C/C/C=C/CCCCCCCCOCC(COP(=O)(O)OCCNC)OC. The molecule has 2 atom stereocenters. The largest absolute Gasteiger partial charge is 0.472 e. The van der Waals surface area contributed by atoms with Crippen molar-refractivity contribution >= 4 is 7.82 Å². The molecule has 0 saturated heterocycles. The number of hydrogen-bond donors (Lipinski definition) is 2. The normalized spacial score (nSPS) is 14.9. The summed E-state index contributed by atoms with van der Waals surface area (Å²) in [5, 5.41) is 2.83. The predicted molar refractivity (Wildman–Crippen MR) is 137 cm³/mol. The number of nitrogens with one attached hydrogen (secondary N) is 1. The lowest BCUT2D eigenvalue weighted by atomic mass is 10.1. The summed E-state index contributed by atoms with van der Waals surface area (Å²) in [5.41, 5.74) is 0. The van der Waals surface area contributed by atoms with Crippen molar-refractivity contribution in [3.05, 3.63) is 24.3 Å². The Hall–Kier alpha value is -0.530. The van der Waals surface area contributed by atoms with Crippen LogP contribution in [0.3, 0.4) is 0 Å². The van der Waals surface area contributed by atoms with Crippen molar-refractivity contribution in [1.82, 2.24) is 5.32 Å². The summed E-state index contributed by atoms with van der Waals surface area (Å²) in [6.07, 6.45) is 23.4. The molecule has 33 heavy (non-hydrogen) atoms. The van der Waals surface area contributed by atoms with Crippen molar-refractivity contribution in [1.29, 1.82) is 0 Å². The Labute approximate surface area is 202 Å². The minimum absolute atomic E-state index is 0.0481. The second-order valence-electron chi connectivity index (χ2n) is 8.22. The summed E-state index contributed by atoms with van der Waals surface area (Å²) in [6.45, 7) is 3.75. The van der Waals surface area contributed by atoms with Crippen molar-refractivity contribution in [2.45, 2.75) is 90.1 Å². The number of unbranched alkanes of at least 4 members (excludes halogenated alkanes) is 9. The summed E-state index contributed by atoms with van der Waals surface area (Å²) in [6, 6.07) is 0. The van der Waals surface area contributed by atoms with Crippen LogP contribution in [0, 0.1) is 0 Å². The molecule has 0 aromatic rings. The number of allylic oxidation sites excluding steroid dienone is 4. The van der Waals surface area contributed by atoms with E-state index in [-0.39, 0.29) is 13.2 Å². The average molecular weight is 492 g/mol. The summed E-state index contributed by atoms with van der Waals surface area (Å²) in [5.74, 6) is 0. The van der Waals surface area contributed by atoms with Gasteiger partial charge in [-0.3, -0.25) is 9.05 Å². The van der Waals surface area contributed by atoms with Crippen molar-refractivity contribution in [3.8, 4) is 0 Å². The number of phosphoric ester groups is 1. The van der Waals surface area contributed by atoms with Crippen LogP contribution >= 0.6 is 7.82 Å². The van der Waals surface area contributed by atoms with Gasteiger partial charge in [-0.1, -0.05) is 69.8 Å². The maximum atomic E-state index is 11.7. The van der Waals surface area contributed by atoms with E-state index in [1.54, 1.807) is 7.05 Å². The molecule has 0 radical (unpaired) electrons. The van der Waals surface area contributed by atoms with Gasteiger partial charge in [-0.2, -0.15) is 0 Å². The molecule has 0 saturated carbocycles. The Morgan fingerprint density at radius 1 is 0.848 bits per heavy atom. The highest BCUT2D eigenvalue weighted by atomic mass is 31.2. The Morgan fingerprint density at radius 3 is 2.12 bits per heavy atom. The number of hydrogen-bond acceptors (Lipinski definition) is 6. The molecule has 8 heteroatoms. The molecular weight excluding hydrogens is 441 g/mol. The number of rotatable bonds is 25. The monoisotopic (exact) mass is 491 g/mol. The maximum absolute atomic E-state index is 11.7. The topological polar surface area (TPSA) is 86.3 Å². The van der Waals surface area contributed by atoms with E-state index in [0.717, 1.165) is 19.3 Å². The summed E-state index contributed by atoms with van der Waals surface area (Å²) in [4.78, 5) is 9.59. The molecular formula is C25H50NO6P. The van der Waals surface area contributed by atoms with Gasteiger partial charge in [-0.15, -0.1) is 0 Å². The number of likely N-dealkylation sites (N-methyl/N-ethyl adjacent to an activating group) is 1. The van der Waals surface area contributed by atoms with Gasteiger partial charge in [-0.25, -0.2) is 4.57 Å². The first-order valence-corrected chi connectivity index (χ1v) is 14.2. The van der Waals surface area contributed by atoms with Gasteiger partial charge in [0.1, 0.15) is 6.10 Å². The second kappa shape index (κ2) is 24.6. The fraction of sp³-hybridized carbons (Fsp3) is 0.840. The smallest absolute Gasteiger partial charge is 0.379 e. The molecule has 0 aromatic heterocycles. The van der Waals surface area contributed by atoms with Gasteiger partial charge in [-0.05, 0) is 45.6 Å². The second-order valence-corrected chi connectivity index (χ2v) is 9.67. The Bertz CT molecular complexity index is 515. The highest BCUT2D eigenvalue weighted by molar-refractivity contribution is 7.47. The van der Waals surface area contributed by atoms with Crippen LogP contribution in [-0.2, 0) is 23.1 Å². The van der Waals surface area contributed by atoms with Gasteiger partial charge in [0.2, 0.25) is 0 Å². The highest BCUT2D eigenvalue weighted by Crippen LogP contribution is 2.43. The molecule has 2 unspecified atom stereocenters. The van der Waals surface area contributed by atoms with Crippen molar-refractivity contribution < 1.29 is 28.0 Å². The summed E-state index contributed by atoms with van der Waals surface area (Å²) >= 11 is 0. The lowest BCUT2D eigenvalue weighted by Crippen LogP contribution is -2.24. The van der Waals surface area contributed by atoms with Crippen LogP contribution in [0.15, 0.2) is 24.3 Å². The summed E-state index contributed by atoms with van der Waals surface area (Å²) < 4.78 is 32.4. The zero-order valence-electron chi connectivity index (χ0n) is 21.3. The van der Waals surface area contributed by atoms with Gasteiger partial charge in [0.25, 0.3) is 0 Å². The number of phosphoric acid groups is 1. The fourth-order valence-electron chi connectivity index (χ4n) is 3.07. The Morgan fingerprint density at radius 2 is 1.48 bits per heavy atom. The molecule has 0 aliphatic heterocycles. The molecule has 7 nitrogen and oxygen atoms in total. The van der Waals surface area contributed by atoms with E-state index in [1.807, 2.05) is 0 Å². The van der Waals surface area contributed by atoms with Crippen LogP contribution in [0.25, 0.3) is 0 Å². The zero-order chi connectivity index (χ0) is 24.5. The lowest BCUT2D eigenvalue weighted by Gasteiger charge is -2.18. The molecule has 0 rings (SSSR count). The fourth-order valence-corrected chi connectivity index (χ4v) is 3.82. The molecule has 196 valence electrons. The van der Waals surface area contributed by atoms with E-state index in [4.69, 9.17) is 18.5 Å². The average Bonchev–Trinajstić information content (AvgIpc) is 2.80. The molecule has 0 fully saturated rings. The first kappa shape index (κ1) is 32.5. The summed E-state index contributed by atoms with van der Waals surface area (Å²) in [7, 11) is -0.784. The van der Waals surface area contributed by atoms with Gasteiger partial charge < -0.3 is 19.7 Å². The van der Waals surface area contributed by atoms with Crippen molar-refractivity contribution in [2.24, 2.45) is 0 Å². The van der Waals surface area contributed by atoms with Crippen molar-refractivity contribution in [3.63, 3.8) is 0 Å². The molecule has 0 amide bonds. The Kier molecular flexibility index (Phi) is 24.2. The minimum atomic E-state index is -4.05. The molecule has 0 aromatic carbocycles. The predicted octanol–water partition coefficient (Wildman–Crippen LogP) is 6.18. The standard InChI is InChI=1S/C25H50NO6P/c1-4-5-6-7-8-9-10-11-12-13-14-15-16-17-18-19-21-30-23-25(29-3)24-32-33(27,28)31-22-20-26-2/h8-9,11-12,25-26H,4-7,10,13-24H2,1-3H3,(H,27,28)/b9-8+,12-11+. The van der Waals surface area contributed by atoms with E-state index in [1.165, 1.54) is 64.9 Å². The number of methoxy groups -OCH3 is 1. The molecule has 0 bridgehead atoms. The van der Waals surface area contributed by atoms with Crippen LogP contribution in [-0.4, -0.2) is 58.1 Å². The van der Waals surface area contributed by atoms with Crippen LogP contribution < -0.4 is 5.32 Å². The maximum Gasteiger partial charge on any atom is 0.472 e. The van der Waals surface area contributed by atoms with Gasteiger partial charge in [0.05, 0.1) is 19.8 Å². The van der Waals surface area contributed by atoms with E-state index >= 15 is 0 Å². The van der Waals surface area contributed by atoms with Gasteiger partial charge in [0, 0.05) is 20.3 Å². The van der Waals surface area contributed by atoms with Crippen molar-refractivity contribution in [2.75, 3.05) is 47.1 Å². The molecule has 0 heterocycles. The van der Waals surface area contributed by atoms with E-state index in [2.05, 4.69) is 36.5 Å². The van der Waals surface area contributed by atoms with Crippen LogP contribution in [0.2, 0.25) is 0 Å². The third-order valence-electron chi connectivity index (χ3n) is 5.16. The molecule has 0 spiro atoms. The molecule has 0 aliphatic rings. The lowest BCUT2D eigenvalue weighted by molar-refractivity contribution is -0.0220. The first-order chi connectivity index (χ1) is 16.1. The van der Waals surface area contributed by atoms with Gasteiger partial charge in [0.15, 0.2) is 0 Å². The first-order valence-electron chi connectivity index (χ1n) is 12.7. The highest BCUT2D eigenvalue weighted by Gasteiger charge is 2.23. The minimum Gasteiger partial charge on any atom is -0.379 e. The number of ether oxygens (including phenoxy) is 2. The third kappa shape index (κ3) is 24.4. The zero-order valence-corrected chi connectivity index (χ0v) is 22.2. The molecule has 2 N–H and O–H groups in total. The third-order valence-corrected chi connectivity index (χ3v) is 6.14. The quantitative estimate of drug-likeness (QED) is 0.0895. The van der Waals surface area contributed by atoms with E-state index in [0.29, 0.717) is 19.8 Å².